The molecule has 3 atom stereocenters. The number of methoxy groups -OCH3 is 1. The summed E-state index contributed by atoms with van der Waals surface area (Å²) in [7, 11) is 1.25. The molecule has 0 bridgehead atoms. The first kappa shape index (κ1) is 17.6. The van der Waals surface area contributed by atoms with Crippen LogP contribution in [0.4, 0.5) is 4.39 Å². The Bertz CT molecular complexity index is 870. The van der Waals surface area contributed by atoms with E-state index < -0.39 is 35.2 Å². The molecule has 1 N–H and O–H groups in total. The average Bonchev–Trinajstić information content (AvgIpc) is 3.04. The number of ether oxygens (including phenoxy) is 1. The van der Waals surface area contributed by atoms with Gasteiger partial charge >= 0.3 is 5.97 Å². The molecular formula is C20H16FN3O2. The highest BCUT2D eigenvalue weighted by atomic mass is 19.1. The molecule has 130 valence electrons. The Morgan fingerprint density at radius 3 is 2.23 bits per heavy atom. The number of nitrogens with one attached hydrogen (secondary N) is 1. The monoisotopic (exact) mass is 349 g/mol. The smallest absolute Gasteiger partial charge is 0.323 e. The van der Waals surface area contributed by atoms with Crippen molar-refractivity contribution in [3.05, 3.63) is 71.5 Å². The fraction of sp³-hybridized carbons (Fsp3) is 0.250. The zero-order chi connectivity index (χ0) is 18.7. The lowest BCUT2D eigenvalue weighted by Crippen LogP contribution is -2.37. The zero-order valence-corrected chi connectivity index (χ0v) is 14.0. The molecule has 0 aromatic heterocycles. The molecule has 3 unspecified atom stereocenters. The summed E-state index contributed by atoms with van der Waals surface area (Å²) in [6, 6.07) is 17.1. The topological polar surface area (TPSA) is 85.9 Å². The molecule has 0 spiro atoms. The van der Waals surface area contributed by atoms with Gasteiger partial charge in [-0.15, -0.1) is 0 Å². The quantitative estimate of drug-likeness (QED) is 0.861. The van der Waals surface area contributed by atoms with Crippen LogP contribution < -0.4 is 5.32 Å². The van der Waals surface area contributed by atoms with Crippen molar-refractivity contribution in [2.45, 2.75) is 18.0 Å². The molecule has 1 saturated heterocycles. The van der Waals surface area contributed by atoms with Gasteiger partial charge in [0.15, 0.2) is 5.41 Å². The van der Waals surface area contributed by atoms with E-state index in [1.165, 1.54) is 31.4 Å². The number of nitrogens with zero attached hydrogens (tertiary/aromatic N) is 2. The molecule has 0 aliphatic carbocycles. The highest BCUT2D eigenvalue weighted by Gasteiger charge is 2.59. The standard InChI is InChI=1S/C20H16FN3O2/c1-26-19(25)17-16(13-7-9-15(21)10-8-13)20(11-22,12-23)18(24-17)14-5-3-2-4-6-14/h2-10,16-18,24H,1H3. The number of hydrogen-bond acceptors (Lipinski definition) is 5. The van der Waals surface area contributed by atoms with Gasteiger partial charge in [-0.1, -0.05) is 42.5 Å². The van der Waals surface area contributed by atoms with Crippen molar-refractivity contribution in [2.24, 2.45) is 5.41 Å². The van der Waals surface area contributed by atoms with E-state index in [-0.39, 0.29) is 0 Å². The lowest BCUT2D eigenvalue weighted by atomic mass is 9.69. The molecular weight excluding hydrogens is 333 g/mol. The van der Waals surface area contributed by atoms with Gasteiger partial charge in [0, 0.05) is 5.92 Å². The first-order chi connectivity index (χ1) is 12.6. The Balaban J connectivity index is 2.19. The van der Waals surface area contributed by atoms with Gasteiger partial charge in [0.1, 0.15) is 11.9 Å². The molecule has 6 heteroatoms. The Morgan fingerprint density at radius 2 is 1.69 bits per heavy atom. The highest BCUT2D eigenvalue weighted by molar-refractivity contribution is 5.79. The van der Waals surface area contributed by atoms with Crippen molar-refractivity contribution in [1.29, 1.82) is 10.5 Å². The van der Waals surface area contributed by atoms with Gasteiger partial charge in [0.05, 0.1) is 25.3 Å². The maximum atomic E-state index is 13.4. The van der Waals surface area contributed by atoms with Crippen molar-refractivity contribution in [2.75, 3.05) is 7.11 Å². The van der Waals surface area contributed by atoms with E-state index in [2.05, 4.69) is 17.5 Å². The Hall–Kier alpha value is -3.22. The maximum Gasteiger partial charge on any atom is 0.323 e. The largest absolute Gasteiger partial charge is 0.468 e. The highest BCUT2D eigenvalue weighted by Crippen LogP contribution is 2.52. The fourth-order valence-corrected chi connectivity index (χ4v) is 3.60. The summed E-state index contributed by atoms with van der Waals surface area (Å²) in [5.41, 5.74) is -0.317. The number of halogens is 1. The van der Waals surface area contributed by atoms with Gasteiger partial charge in [0.25, 0.3) is 0 Å². The van der Waals surface area contributed by atoms with Gasteiger partial charge < -0.3 is 4.74 Å². The number of rotatable bonds is 3. The number of hydrogen-bond donors (Lipinski definition) is 1. The summed E-state index contributed by atoms with van der Waals surface area (Å²) in [6.07, 6.45) is 0. The Morgan fingerprint density at radius 1 is 1.08 bits per heavy atom. The minimum Gasteiger partial charge on any atom is -0.468 e. The fourth-order valence-electron chi connectivity index (χ4n) is 3.60. The van der Waals surface area contributed by atoms with Crippen LogP contribution in [0.1, 0.15) is 23.1 Å². The molecule has 2 aromatic carbocycles. The van der Waals surface area contributed by atoms with Crippen molar-refractivity contribution in [3.63, 3.8) is 0 Å². The normalized spacial score (nSPS) is 23.6. The van der Waals surface area contributed by atoms with E-state index >= 15 is 0 Å². The summed E-state index contributed by atoms with van der Waals surface area (Å²) in [4.78, 5) is 12.4. The molecule has 1 fully saturated rings. The van der Waals surface area contributed by atoms with Gasteiger partial charge in [-0.2, -0.15) is 10.5 Å². The van der Waals surface area contributed by atoms with Gasteiger partial charge in [0.2, 0.25) is 0 Å². The van der Waals surface area contributed by atoms with Crippen LogP contribution in [-0.2, 0) is 9.53 Å². The SMILES string of the molecule is COC(=O)C1NC(c2ccccc2)C(C#N)(C#N)C1c1ccc(F)cc1. The third kappa shape index (κ3) is 2.71. The molecule has 1 heterocycles. The van der Waals surface area contributed by atoms with Crippen LogP contribution in [0.2, 0.25) is 0 Å². The minimum atomic E-state index is -1.56. The third-order valence-electron chi connectivity index (χ3n) is 4.81. The maximum absolute atomic E-state index is 13.4. The van der Waals surface area contributed by atoms with Crippen LogP contribution >= 0.6 is 0 Å². The van der Waals surface area contributed by atoms with Gasteiger partial charge in [-0.3, -0.25) is 10.1 Å². The molecule has 2 aromatic rings. The zero-order valence-electron chi connectivity index (χ0n) is 14.0. The molecule has 5 nitrogen and oxygen atoms in total. The van der Waals surface area contributed by atoms with Crippen molar-refractivity contribution in [3.8, 4) is 12.1 Å². The molecule has 1 aliphatic rings. The lowest BCUT2D eigenvalue weighted by molar-refractivity contribution is -0.143. The van der Waals surface area contributed by atoms with Crippen molar-refractivity contribution >= 4 is 5.97 Å². The molecule has 26 heavy (non-hydrogen) atoms. The van der Waals surface area contributed by atoms with Crippen LogP contribution in [0, 0.1) is 33.9 Å². The second kappa shape index (κ2) is 6.95. The van der Waals surface area contributed by atoms with Crippen LogP contribution in [0.15, 0.2) is 54.6 Å². The average molecular weight is 349 g/mol. The second-order valence-corrected chi connectivity index (χ2v) is 6.13. The summed E-state index contributed by atoms with van der Waals surface area (Å²) >= 11 is 0. The molecule has 0 saturated carbocycles. The van der Waals surface area contributed by atoms with E-state index in [0.29, 0.717) is 11.1 Å². The number of nitriles is 2. The summed E-state index contributed by atoms with van der Waals surface area (Å²) in [5, 5.41) is 23.0. The van der Waals surface area contributed by atoms with E-state index in [4.69, 9.17) is 4.74 Å². The Kier molecular flexibility index (Phi) is 4.71. The molecule has 0 radical (unpaired) electrons. The van der Waals surface area contributed by atoms with Crippen LogP contribution in [0.25, 0.3) is 0 Å². The molecule has 0 amide bonds. The lowest BCUT2D eigenvalue weighted by Gasteiger charge is -2.27. The van der Waals surface area contributed by atoms with E-state index in [9.17, 15) is 19.7 Å². The number of benzene rings is 2. The number of carbonyl (C=O) groups is 1. The van der Waals surface area contributed by atoms with Crippen LogP contribution in [-0.4, -0.2) is 19.1 Å². The second-order valence-electron chi connectivity index (χ2n) is 6.13. The van der Waals surface area contributed by atoms with Crippen molar-refractivity contribution in [1.82, 2.24) is 5.32 Å². The predicted molar refractivity (Wildman–Crippen MR) is 90.9 cm³/mol. The first-order valence-corrected chi connectivity index (χ1v) is 8.04. The molecule has 3 rings (SSSR count). The summed E-state index contributed by atoms with van der Waals surface area (Å²) < 4.78 is 18.2. The van der Waals surface area contributed by atoms with E-state index in [1.807, 2.05) is 6.07 Å². The number of esters is 1. The minimum absolute atomic E-state index is 0.437. The summed E-state index contributed by atoms with van der Waals surface area (Å²) in [5.74, 6) is -1.82. The van der Waals surface area contributed by atoms with E-state index in [1.54, 1.807) is 24.3 Å². The summed E-state index contributed by atoms with van der Waals surface area (Å²) in [6.45, 7) is 0. The van der Waals surface area contributed by atoms with Crippen molar-refractivity contribution < 1.29 is 13.9 Å². The van der Waals surface area contributed by atoms with Crippen LogP contribution in [0.3, 0.4) is 0 Å². The number of carbonyl (C=O) groups excluding carboxylic acids is 1. The Labute approximate surface area is 150 Å². The molecule has 1 aliphatic heterocycles. The van der Waals surface area contributed by atoms with Gasteiger partial charge in [-0.05, 0) is 23.3 Å². The van der Waals surface area contributed by atoms with E-state index in [0.717, 1.165) is 0 Å². The first-order valence-electron chi connectivity index (χ1n) is 8.04. The van der Waals surface area contributed by atoms with Gasteiger partial charge in [-0.25, -0.2) is 4.39 Å². The third-order valence-corrected chi connectivity index (χ3v) is 4.81. The predicted octanol–water partition coefficient (Wildman–Crippen LogP) is 2.83. The van der Waals surface area contributed by atoms with Crippen LogP contribution in [0.5, 0.6) is 0 Å².